The summed E-state index contributed by atoms with van der Waals surface area (Å²) in [6.07, 6.45) is 10.5. The van der Waals surface area contributed by atoms with E-state index in [1.807, 2.05) is 4.90 Å². The number of likely N-dealkylation sites (tertiary alicyclic amines) is 1. The van der Waals surface area contributed by atoms with Crippen LogP contribution in [-0.4, -0.2) is 69.8 Å². The van der Waals surface area contributed by atoms with Crippen LogP contribution in [0.2, 0.25) is 0 Å². The Morgan fingerprint density at radius 3 is 2.29 bits per heavy atom. The molecule has 4 N–H and O–H groups in total. The summed E-state index contributed by atoms with van der Waals surface area (Å²) in [7, 11) is 0. The van der Waals surface area contributed by atoms with Crippen molar-refractivity contribution in [3.63, 3.8) is 0 Å². The molecule has 6 aliphatic rings. The minimum Gasteiger partial charge on any atom is -0.480 e. The van der Waals surface area contributed by atoms with Gasteiger partial charge in [0.15, 0.2) is 0 Å². The fraction of sp³-hybridized carbons (Fsp3) is 0.865. The third kappa shape index (κ3) is 4.46. The van der Waals surface area contributed by atoms with Gasteiger partial charge < -0.3 is 25.5 Å². The number of nitrogens with one attached hydrogen (secondary N) is 1. The molecule has 252 valence electrons. The largest absolute Gasteiger partial charge is 0.480 e. The molecule has 4 unspecified atom stereocenters. The number of aliphatic hydroxyl groups excluding tert-OH is 2. The van der Waals surface area contributed by atoms with Gasteiger partial charge in [-0.2, -0.15) is 0 Å². The molecular formula is C37H58N2O6. The van der Waals surface area contributed by atoms with Crippen molar-refractivity contribution >= 4 is 17.8 Å². The van der Waals surface area contributed by atoms with E-state index in [4.69, 9.17) is 5.11 Å². The summed E-state index contributed by atoms with van der Waals surface area (Å²) in [5, 5.41) is 33.3. The summed E-state index contributed by atoms with van der Waals surface area (Å²) in [4.78, 5) is 41.0. The maximum Gasteiger partial charge on any atom is 0.322 e. The molecule has 5 saturated carbocycles. The predicted octanol–water partition coefficient (Wildman–Crippen LogP) is 5.17. The van der Waals surface area contributed by atoms with Crippen molar-refractivity contribution in [1.82, 2.24) is 10.2 Å². The third-order valence-electron chi connectivity index (χ3n) is 15.8. The summed E-state index contributed by atoms with van der Waals surface area (Å²) < 4.78 is 0. The van der Waals surface area contributed by atoms with Crippen LogP contribution in [0.1, 0.15) is 112 Å². The lowest BCUT2D eigenvalue weighted by molar-refractivity contribution is -0.253. The zero-order chi connectivity index (χ0) is 32.7. The van der Waals surface area contributed by atoms with Gasteiger partial charge in [0.1, 0.15) is 12.6 Å². The summed E-state index contributed by atoms with van der Waals surface area (Å²) >= 11 is 0. The molecule has 0 aromatic rings. The molecule has 2 amide bonds. The standard InChI is InChI=1S/C37H58N2O6/c1-22(2)23-11-16-37(32(45)39-19-7-8-25(39)31(44)38-20-29(42)43)18-17-35(5)24(30(23)37)9-10-27-33(3)14-13-28(41)34(4,21-40)26(33)12-15-36(27,35)6/h23-28,30,40-41H,1,7-21H2,2-6H3,(H,38,44)(H,42,43)/t23-,24?,25-,26?,27?,28-,30?,33-,34-,35+,36+,37-/m0/s1. The van der Waals surface area contributed by atoms with Crippen LogP contribution in [0.5, 0.6) is 0 Å². The lowest BCUT2D eigenvalue weighted by atomic mass is 9.32. The van der Waals surface area contributed by atoms with E-state index < -0.39 is 35.5 Å². The lowest BCUT2D eigenvalue weighted by Gasteiger charge is -2.73. The number of carbonyl (C=O) groups is 3. The Morgan fingerprint density at radius 1 is 0.889 bits per heavy atom. The van der Waals surface area contributed by atoms with Gasteiger partial charge in [-0.15, -0.1) is 0 Å². The predicted molar refractivity (Wildman–Crippen MR) is 172 cm³/mol. The molecule has 0 bridgehead atoms. The Balaban J connectivity index is 1.34. The number of carboxylic acids is 1. The van der Waals surface area contributed by atoms with Crippen LogP contribution >= 0.6 is 0 Å². The van der Waals surface area contributed by atoms with Gasteiger partial charge in [0.25, 0.3) is 0 Å². The fourth-order valence-corrected chi connectivity index (χ4v) is 13.4. The first-order valence-corrected chi connectivity index (χ1v) is 17.9. The highest BCUT2D eigenvalue weighted by molar-refractivity contribution is 5.92. The molecule has 8 heteroatoms. The zero-order valence-electron chi connectivity index (χ0n) is 28.4. The average Bonchev–Trinajstić information content (AvgIpc) is 3.64. The first-order valence-electron chi connectivity index (χ1n) is 17.9. The van der Waals surface area contributed by atoms with E-state index in [9.17, 15) is 24.6 Å². The van der Waals surface area contributed by atoms with Gasteiger partial charge >= 0.3 is 5.97 Å². The van der Waals surface area contributed by atoms with E-state index in [0.717, 1.165) is 70.6 Å². The van der Waals surface area contributed by atoms with E-state index in [2.05, 4.69) is 46.5 Å². The first-order chi connectivity index (χ1) is 21.1. The number of fused-ring (bicyclic) bond motifs is 7. The Morgan fingerprint density at radius 2 is 1.62 bits per heavy atom. The van der Waals surface area contributed by atoms with Crippen LogP contribution < -0.4 is 5.32 Å². The molecule has 6 rings (SSSR count). The first kappa shape index (κ1) is 33.0. The Kier molecular flexibility index (Phi) is 8.11. The highest BCUT2D eigenvalue weighted by atomic mass is 16.4. The summed E-state index contributed by atoms with van der Waals surface area (Å²) in [5.41, 5.74) is 0.365. The molecule has 0 spiro atoms. The quantitative estimate of drug-likeness (QED) is 0.302. The highest BCUT2D eigenvalue weighted by Crippen LogP contribution is 2.77. The number of rotatable bonds is 6. The normalized spacial score (nSPS) is 48.9. The molecule has 1 aliphatic heterocycles. The van der Waals surface area contributed by atoms with Crippen LogP contribution in [0.25, 0.3) is 0 Å². The summed E-state index contributed by atoms with van der Waals surface area (Å²) in [5.74, 6) is 0.306. The van der Waals surface area contributed by atoms with Crippen molar-refractivity contribution in [1.29, 1.82) is 0 Å². The molecular weight excluding hydrogens is 568 g/mol. The lowest BCUT2D eigenvalue weighted by Crippen LogP contribution is -2.68. The van der Waals surface area contributed by atoms with Crippen molar-refractivity contribution in [2.75, 3.05) is 19.7 Å². The number of nitrogens with zero attached hydrogens (tertiary/aromatic N) is 1. The monoisotopic (exact) mass is 626 g/mol. The van der Waals surface area contributed by atoms with Crippen LogP contribution in [0.4, 0.5) is 0 Å². The number of carbonyl (C=O) groups excluding carboxylic acids is 2. The minimum atomic E-state index is -1.08. The summed E-state index contributed by atoms with van der Waals surface area (Å²) in [6, 6.07) is -0.602. The molecule has 0 aromatic carbocycles. The van der Waals surface area contributed by atoms with Crippen LogP contribution in [0.3, 0.4) is 0 Å². The Labute approximate surface area is 269 Å². The Bertz CT molecular complexity index is 1250. The summed E-state index contributed by atoms with van der Waals surface area (Å²) in [6.45, 7) is 16.4. The van der Waals surface area contributed by atoms with E-state index in [1.165, 1.54) is 5.57 Å². The molecule has 8 nitrogen and oxygen atoms in total. The van der Waals surface area contributed by atoms with Gasteiger partial charge in [-0.1, -0.05) is 39.8 Å². The number of amides is 2. The van der Waals surface area contributed by atoms with Gasteiger partial charge in [-0.3, -0.25) is 14.4 Å². The molecule has 1 saturated heterocycles. The average molecular weight is 627 g/mol. The van der Waals surface area contributed by atoms with E-state index in [0.29, 0.717) is 24.8 Å². The molecule has 5 aliphatic carbocycles. The number of aliphatic carboxylic acids is 1. The van der Waals surface area contributed by atoms with E-state index >= 15 is 0 Å². The fourth-order valence-electron chi connectivity index (χ4n) is 13.4. The topological polar surface area (TPSA) is 127 Å². The third-order valence-corrected chi connectivity index (χ3v) is 15.8. The smallest absolute Gasteiger partial charge is 0.322 e. The highest BCUT2D eigenvalue weighted by Gasteiger charge is 2.72. The van der Waals surface area contributed by atoms with E-state index in [-0.39, 0.29) is 52.4 Å². The zero-order valence-corrected chi connectivity index (χ0v) is 28.4. The van der Waals surface area contributed by atoms with Crippen molar-refractivity contribution in [3.05, 3.63) is 12.2 Å². The van der Waals surface area contributed by atoms with Gasteiger partial charge in [0.05, 0.1) is 18.1 Å². The van der Waals surface area contributed by atoms with Gasteiger partial charge in [-0.05, 0) is 130 Å². The number of hydrogen-bond acceptors (Lipinski definition) is 5. The van der Waals surface area contributed by atoms with Crippen molar-refractivity contribution < 1.29 is 29.7 Å². The molecule has 6 fully saturated rings. The maximum absolute atomic E-state index is 14.9. The van der Waals surface area contributed by atoms with Crippen LogP contribution in [0.15, 0.2) is 12.2 Å². The van der Waals surface area contributed by atoms with Crippen molar-refractivity contribution in [2.24, 2.45) is 56.7 Å². The second kappa shape index (κ2) is 11.1. The van der Waals surface area contributed by atoms with E-state index in [1.54, 1.807) is 0 Å². The maximum atomic E-state index is 14.9. The van der Waals surface area contributed by atoms with Crippen molar-refractivity contribution in [3.8, 4) is 0 Å². The molecule has 0 radical (unpaired) electrons. The Hall–Kier alpha value is -1.93. The second-order valence-electron chi connectivity index (χ2n) is 17.3. The van der Waals surface area contributed by atoms with Crippen molar-refractivity contribution in [2.45, 2.75) is 124 Å². The molecule has 12 atom stereocenters. The van der Waals surface area contributed by atoms with Crippen LogP contribution in [-0.2, 0) is 14.4 Å². The number of hydrogen-bond donors (Lipinski definition) is 4. The molecule has 1 heterocycles. The van der Waals surface area contributed by atoms with Gasteiger partial charge in [0.2, 0.25) is 11.8 Å². The molecule has 45 heavy (non-hydrogen) atoms. The number of carboxylic acid groups (broad SMARTS) is 1. The SMILES string of the molecule is C=C(C)[C@@H]1CC[C@]2(C(=O)N3CCC[C@H]3C(=O)NCC(=O)O)CC[C@]3(C)C(CCC4[C@@]5(C)CC[C@H](O)[C@@](C)(CO)C5CC[C@]43C)C12. The number of allylic oxidation sites excluding steroid dienone is 1. The minimum absolute atomic E-state index is 0.0244. The second-order valence-corrected chi connectivity index (χ2v) is 17.3. The molecule has 0 aromatic heterocycles. The van der Waals surface area contributed by atoms with Gasteiger partial charge in [-0.25, -0.2) is 0 Å². The van der Waals surface area contributed by atoms with Crippen LogP contribution in [0, 0.1) is 56.7 Å². The van der Waals surface area contributed by atoms with Gasteiger partial charge in [0, 0.05) is 12.0 Å². The number of aliphatic hydroxyl groups is 2.